The van der Waals surface area contributed by atoms with Crippen LogP contribution in [0.3, 0.4) is 0 Å². The van der Waals surface area contributed by atoms with Crippen LogP contribution in [0.2, 0.25) is 0 Å². The number of carbonyl (C=O) groups excluding carboxylic acids is 2. The third-order valence-corrected chi connectivity index (χ3v) is 4.96. The Labute approximate surface area is 190 Å². The molecule has 0 aromatic heterocycles. The summed E-state index contributed by atoms with van der Waals surface area (Å²) in [6.45, 7) is 10.1. The summed E-state index contributed by atoms with van der Waals surface area (Å²) in [5.41, 5.74) is 1.92. The molecule has 0 heterocycles. The minimum absolute atomic E-state index is 0.00289. The molecule has 2 rings (SSSR count). The van der Waals surface area contributed by atoms with Crippen LogP contribution in [-0.4, -0.2) is 34.5 Å². The van der Waals surface area contributed by atoms with E-state index in [-0.39, 0.29) is 24.2 Å². The van der Waals surface area contributed by atoms with Crippen LogP contribution in [0.1, 0.15) is 64.2 Å². The van der Waals surface area contributed by atoms with Gasteiger partial charge in [-0.15, -0.1) is 0 Å². The number of hydrogen-bond donors (Lipinski definition) is 3. The quantitative estimate of drug-likeness (QED) is 0.531. The molecule has 0 bridgehead atoms. The van der Waals surface area contributed by atoms with Gasteiger partial charge in [-0.25, -0.2) is 0 Å². The van der Waals surface area contributed by atoms with Crippen molar-refractivity contribution in [3.63, 3.8) is 0 Å². The van der Waals surface area contributed by atoms with Crippen LogP contribution in [0, 0.1) is 5.41 Å². The maximum atomic E-state index is 12.9. The van der Waals surface area contributed by atoms with E-state index in [2.05, 4.69) is 31.4 Å². The molecule has 0 radical (unpaired) electrons. The monoisotopic (exact) mass is 438 g/mol. The van der Waals surface area contributed by atoms with Crippen molar-refractivity contribution in [2.24, 2.45) is 5.41 Å². The van der Waals surface area contributed by atoms with Crippen molar-refractivity contribution in [1.29, 1.82) is 0 Å². The smallest absolute Gasteiger partial charge is 0.303 e. The molecule has 32 heavy (non-hydrogen) atoms. The molecule has 3 N–H and O–H groups in total. The fraction of sp³-hybridized carbons (Fsp3) is 0.423. The lowest BCUT2D eigenvalue weighted by molar-refractivity contribution is -0.137. The first kappa shape index (κ1) is 25.1. The predicted molar refractivity (Wildman–Crippen MR) is 126 cm³/mol. The maximum absolute atomic E-state index is 12.9. The molecule has 0 aliphatic heterocycles. The van der Waals surface area contributed by atoms with Gasteiger partial charge in [0.25, 0.3) is 5.91 Å². The highest BCUT2D eigenvalue weighted by Crippen LogP contribution is 2.27. The van der Waals surface area contributed by atoms with Crippen LogP contribution < -0.4 is 10.6 Å². The fourth-order valence-electron chi connectivity index (χ4n) is 4.01. The van der Waals surface area contributed by atoms with Crippen molar-refractivity contribution in [2.75, 3.05) is 0 Å². The number of hydrogen-bond acceptors (Lipinski definition) is 3. The number of carboxylic acid groups (broad SMARTS) is 1. The van der Waals surface area contributed by atoms with E-state index in [0.717, 1.165) is 17.5 Å². The Kier molecular flexibility index (Phi) is 8.19. The van der Waals surface area contributed by atoms with E-state index in [1.807, 2.05) is 56.3 Å². The predicted octanol–water partition coefficient (Wildman–Crippen LogP) is 4.65. The summed E-state index contributed by atoms with van der Waals surface area (Å²) in [5.74, 6) is -1.81. The van der Waals surface area contributed by atoms with E-state index in [0.29, 0.717) is 5.56 Å². The van der Waals surface area contributed by atoms with Gasteiger partial charge in [0.2, 0.25) is 5.91 Å². The van der Waals surface area contributed by atoms with Gasteiger partial charge in [0.05, 0.1) is 0 Å². The van der Waals surface area contributed by atoms with Crippen molar-refractivity contribution in [2.45, 2.75) is 65.5 Å². The van der Waals surface area contributed by atoms with Gasteiger partial charge in [0.15, 0.2) is 0 Å². The normalized spacial score (nSPS) is 12.7. The van der Waals surface area contributed by atoms with Crippen LogP contribution in [0.15, 0.2) is 54.6 Å². The van der Waals surface area contributed by atoms with Crippen molar-refractivity contribution in [1.82, 2.24) is 10.6 Å². The van der Waals surface area contributed by atoms with E-state index >= 15 is 0 Å². The zero-order valence-electron chi connectivity index (χ0n) is 19.6. The molecular formula is C26H34N2O4. The fourth-order valence-corrected chi connectivity index (χ4v) is 4.01. The van der Waals surface area contributed by atoms with E-state index in [9.17, 15) is 14.4 Å². The molecular weight excluding hydrogens is 404 g/mol. The summed E-state index contributed by atoms with van der Waals surface area (Å²) in [4.78, 5) is 36.8. The SMILES string of the molecule is CC(C)(C)CC(C)(C)NC(=O)[C@H](CCC(=O)O)NC(=O)c1ccc(-c2ccccc2)cc1. The number of carbonyl (C=O) groups is 3. The number of aliphatic carboxylic acids is 1. The van der Waals surface area contributed by atoms with E-state index in [1.165, 1.54) is 0 Å². The van der Waals surface area contributed by atoms with E-state index in [4.69, 9.17) is 5.11 Å². The Bertz CT molecular complexity index is 929. The number of rotatable bonds is 9. The molecule has 0 saturated heterocycles. The van der Waals surface area contributed by atoms with Crippen LogP contribution in [0.5, 0.6) is 0 Å². The summed E-state index contributed by atoms with van der Waals surface area (Å²) >= 11 is 0. The van der Waals surface area contributed by atoms with Gasteiger partial charge in [-0.1, -0.05) is 63.2 Å². The molecule has 6 nitrogen and oxygen atoms in total. The minimum atomic E-state index is -1.02. The Morgan fingerprint density at radius 2 is 1.44 bits per heavy atom. The second kappa shape index (κ2) is 10.4. The number of amides is 2. The van der Waals surface area contributed by atoms with Crippen molar-refractivity contribution in [3.05, 3.63) is 60.2 Å². The lowest BCUT2D eigenvalue weighted by atomic mass is 9.81. The highest BCUT2D eigenvalue weighted by molar-refractivity contribution is 5.98. The average molecular weight is 439 g/mol. The maximum Gasteiger partial charge on any atom is 0.303 e. The van der Waals surface area contributed by atoms with Gasteiger partial charge >= 0.3 is 5.97 Å². The molecule has 0 unspecified atom stereocenters. The molecule has 0 spiro atoms. The van der Waals surface area contributed by atoms with Crippen LogP contribution in [0.25, 0.3) is 11.1 Å². The summed E-state index contributed by atoms with van der Waals surface area (Å²) < 4.78 is 0. The summed E-state index contributed by atoms with van der Waals surface area (Å²) in [6.07, 6.45) is 0.526. The zero-order chi connectivity index (χ0) is 23.9. The van der Waals surface area contributed by atoms with Gasteiger partial charge in [-0.2, -0.15) is 0 Å². The first-order valence-electron chi connectivity index (χ1n) is 10.9. The summed E-state index contributed by atoms with van der Waals surface area (Å²) in [7, 11) is 0. The lowest BCUT2D eigenvalue weighted by Crippen LogP contribution is -2.54. The van der Waals surface area contributed by atoms with Gasteiger partial charge in [0.1, 0.15) is 6.04 Å². The molecule has 0 fully saturated rings. The zero-order valence-corrected chi connectivity index (χ0v) is 19.6. The highest BCUT2D eigenvalue weighted by Gasteiger charge is 2.31. The molecule has 2 aromatic carbocycles. The largest absolute Gasteiger partial charge is 0.481 e. The number of nitrogens with one attached hydrogen (secondary N) is 2. The summed E-state index contributed by atoms with van der Waals surface area (Å²) in [5, 5.41) is 14.8. The molecule has 2 amide bonds. The van der Waals surface area contributed by atoms with Crippen LogP contribution in [-0.2, 0) is 9.59 Å². The minimum Gasteiger partial charge on any atom is -0.481 e. The number of carboxylic acids is 1. The standard InChI is InChI=1S/C26H34N2O4/c1-25(2,3)17-26(4,5)28-24(32)21(15-16-22(29)30)27-23(31)20-13-11-19(12-14-20)18-9-7-6-8-10-18/h6-14,21H,15-17H2,1-5H3,(H,27,31)(H,28,32)(H,29,30)/t21-/m0/s1. The Hall–Kier alpha value is -3.15. The van der Waals surface area contributed by atoms with Crippen LogP contribution >= 0.6 is 0 Å². The Morgan fingerprint density at radius 1 is 0.875 bits per heavy atom. The topological polar surface area (TPSA) is 95.5 Å². The third-order valence-electron chi connectivity index (χ3n) is 4.96. The molecule has 0 aliphatic carbocycles. The molecule has 2 aromatic rings. The third kappa shape index (κ3) is 8.17. The molecule has 6 heteroatoms. The van der Waals surface area contributed by atoms with Crippen molar-refractivity contribution < 1.29 is 19.5 Å². The van der Waals surface area contributed by atoms with Gasteiger partial charge in [-0.05, 0) is 55.4 Å². The van der Waals surface area contributed by atoms with Crippen LogP contribution in [0.4, 0.5) is 0 Å². The van der Waals surface area contributed by atoms with E-state index in [1.54, 1.807) is 12.1 Å². The molecule has 172 valence electrons. The van der Waals surface area contributed by atoms with Gasteiger partial charge in [0, 0.05) is 17.5 Å². The van der Waals surface area contributed by atoms with Crippen molar-refractivity contribution in [3.8, 4) is 11.1 Å². The summed E-state index contributed by atoms with van der Waals surface area (Å²) in [6, 6.07) is 16.0. The first-order valence-corrected chi connectivity index (χ1v) is 10.9. The molecule has 1 atom stereocenters. The average Bonchev–Trinajstić information content (AvgIpc) is 2.69. The first-order chi connectivity index (χ1) is 14.9. The second-order valence-corrected chi connectivity index (χ2v) is 10.0. The molecule has 0 saturated carbocycles. The van der Waals surface area contributed by atoms with Crippen molar-refractivity contribution >= 4 is 17.8 Å². The number of benzene rings is 2. The lowest BCUT2D eigenvalue weighted by Gasteiger charge is -2.34. The Balaban J connectivity index is 2.12. The molecule has 0 aliphatic rings. The second-order valence-electron chi connectivity index (χ2n) is 10.0. The van der Waals surface area contributed by atoms with Gasteiger partial charge in [-0.3, -0.25) is 14.4 Å². The highest BCUT2D eigenvalue weighted by atomic mass is 16.4. The Morgan fingerprint density at radius 3 is 1.97 bits per heavy atom. The van der Waals surface area contributed by atoms with Gasteiger partial charge < -0.3 is 15.7 Å². The van der Waals surface area contributed by atoms with E-state index < -0.39 is 23.5 Å².